The molecule has 0 unspecified atom stereocenters. The molecule has 96 valence electrons. The number of halogens is 1. The summed E-state index contributed by atoms with van der Waals surface area (Å²) in [6.45, 7) is 0. The van der Waals surface area contributed by atoms with Gasteiger partial charge in [0.15, 0.2) is 0 Å². The zero-order valence-electron chi connectivity index (χ0n) is 9.59. The predicted octanol–water partition coefficient (Wildman–Crippen LogP) is 4.10. The summed E-state index contributed by atoms with van der Waals surface area (Å²) in [5.41, 5.74) is 1.90. The number of nitrogens with zero attached hydrogens (tertiary/aromatic N) is 2. The summed E-state index contributed by atoms with van der Waals surface area (Å²) >= 11 is 12.4. The van der Waals surface area contributed by atoms with Crippen LogP contribution < -0.4 is 0 Å². The highest BCUT2D eigenvalue weighted by Gasteiger charge is 2.08. The largest absolute Gasteiger partial charge is 0.414 e. The highest BCUT2D eigenvalue weighted by Crippen LogP contribution is 2.26. The Kier molecular flexibility index (Phi) is 3.46. The SMILES string of the molecule is S=c1[nH]nc(Cc2csc(-c3cccc(Cl)c3)n2)o1. The van der Waals surface area contributed by atoms with Crippen molar-refractivity contribution in [1.82, 2.24) is 15.2 Å². The number of benzene rings is 1. The fourth-order valence-corrected chi connectivity index (χ4v) is 2.78. The molecule has 0 saturated heterocycles. The summed E-state index contributed by atoms with van der Waals surface area (Å²) in [7, 11) is 0. The minimum Gasteiger partial charge on any atom is -0.414 e. The van der Waals surface area contributed by atoms with E-state index in [9.17, 15) is 0 Å². The van der Waals surface area contributed by atoms with Crippen LogP contribution in [0.3, 0.4) is 0 Å². The van der Waals surface area contributed by atoms with Crippen LogP contribution in [0.4, 0.5) is 0 Å². The van der Waals surface area contributed by atoms with Crippen molar-refractivity contribution in [3.8, 4) is 10.6 Å². The van der Waals surface area contributed by atoms with Gasteiger partial charge in [-0.15, -0.1) is 16.4 Å². The normalized spacial score (nSPS) is 10.8. The van der Waals surface area contributed by atoms with E-state index in [0.717, 1.165) is 16.3 Å². The van der Waals surface area contributed by atoms with E-state index >= 15 is 0 Å². The van der Waals surface area contributed by atoms with Gasteiger partial charge in [-0.2, -0.15) is 0 Å². The third-order valence-electron chi connectivity index (χ3n) is 2.44. The maximum atomic E-state index is 5.97. The van der Waals surface area contributed by atoms with Gasteiger partial charge in [0.05, 0.1) is 12.1 Å². The number of hydrogen-bond acceptors (Lipinski definition) is 5. The Balaban J connectivity index is 1.85. The Bertz CT molecular complexity index is 762. The summed E-state index contributed by atoms with van der Waals surface area (Å²) in [5.74, 6) is 0.535. The zero-order chi connectivity index (χ0) is 13.2. The maximum Gasteiger partial charge on any atom is 0.284 e. The molecule has 0 atom stereocenters. The van der Waals surface area contributed by atoms with Gasteiger partial charge < -0.3 is 4.42 Å². The lowest BCUT2D eigenvalue weighted by atomic mass is 10.2. The number of nitrogens with one attached hydrogen (secondary N) is 1. The summed E-state index contributed by atoms with van der Waals surface area (Å²) < 4.78 is 5.21. The van der Waals surface area contributed by atoms with Crippen LogP contribution >= 0.6 is 35.2 Å². The van der Waals surface area contributed by atoms with Gasteiger partial charge in [0.1, 0.15) is 5.01 Å². The molecular weight excluding hydrogens is 302 g/mol. The van der Waals surface area contributed by atoms with E-state index in [1.54, 1.807) is 11.3 Å². The van der Waals surface area contributed by atoms with Crippen molar-refractivity contribution in [1.29, 1.82) is 0 Å². The van der Waals surface area contributed by atoms with Gasteiger partial charge in [-0.25, -0.2) is 10.1 Å². The molecule has 3 rings (SSSR count). The average Bonchev–Trinajstić information content (AvgIpc) is 2.99. The predicted molar refractivity (Wildman–Crippen MR) is 77.1 cm³/mol. The fourth-order valence-electron chi connectivity index (χ4n) is 1.63. The second kappa shape index (κ2) is 5.24. The first-order valence-electron chi connectivity index (χ1n) is 5.45. The summed E-state index contributed by atoms with van der Waals surface area (Å²) in [5, 5.41) is 10.1. The molecule has 0 bridgehead atoms. The zero-order valence-corrected chi connectivity index (χ0v) is 12.0. The molecule has 4 nitrogen and oxygen atoms in total. The molecular formula is C12H8ClN3OS2. The first kappa shape index (κ1) is 12.5. The van der Waals surface area contributed by atoms with Gasteiger partial charge in [0.2, 0.25) is 5.89 Å². The van der Waals surface area contributed by atoms with E-state index in [1.807, 2.05) is 29.6 Å². The van der Waals surface area contributed by atoms with Crippen LogP contribution in [0.15, 0.2) is 34.1 Å². The van der Waals surface area contributed by atoms with Crippen molar-refractivity contribution in [2.45, 2.75) is 6.42 Å². The van der Waals surface area contributed by atoms with Gasteiger partial charge in [-0.05, 0) is 24.4 Å². The molecule has 0 aliphatic carbocycles. The van der Waals surface area contributed by atoms with Crippen molar-refractivity contribution < 1.29 is 4.42 Å². The van der Waals surface area contributed by atoms with E-state index in [-0.39, 0.29) is 4.84 Å². The monoisotopic (exact) mass is 309 g/mol. The number of thiazole rings is 1. The fraction of sp³-hybridized carbons (Fsp3) is 0.0833. The first-order chi connectivity index (χ1) is 9.20. The molecule has 0 aliphatic rings. The minimum absolute atomic E-state index is 0.278. The lowest BCUT2D eigenvalue weighted by Crippen LogP contribution is -1.88. The Hall–Kier alpha value is -1.50. The van der Waals surface area contributed by atoms with E-state index in [0.29, 0.717) is 17.3 Å². The Morgan fingerprint density at radius 1 is 1.42 bits per heavy atom. The van der Waals surface area contributed by atoms with E-state index in [4.69, 9.17) is 28.2 Å². The van der Waals surface area contributed by atoms with Crippen molar-refractivity contribution in [2.24, 2.45) is 0 Å². The van der Waals surface area contributed by atoms with Crippen LogP contribution in [0.5, 0.6) is 0 Å². The standard InChI is InChI=1S/C12H8ClN3OS2/c13-8-3-1-2-7(4-8)11-14-9(6-19-11)5-10-15-16-12(18)17-10/h1-4,6H,5H2,(H,16,18). The third kappa shape index (κ3) is 2.91. The first-order valence-corrected chi connectivity index (χ1v) is 7.12. The molecule has 7 heteroatoms. The van der Waals surface area contributed by atoms with Crippen molar-refractivity contribution >= 4 is 35.2 Å². The van der Waals surface area contributed by atoms with Crippen molar-refractivity contribution in [2.75, 3.05) is 0 Å². The molecule has 0 saturated carbocycles. The Morgan fingerprint density at radius 2 is 2.32 bits per heavy atom. The van der Waals surface area contributed by atoms with Crippen LogP contribution in [0.2, 0.25) is 5.02 Å². The summed E-state index contributed by atoms with van der Waals surface area (Å²) in [6.07, 6.45) is 0.518. The Morgan fingerprint density at radius 3 is 3.05 bits per heavy atom. The second-order valence-electron chi connectivity index (χ2n) is 3.84. The average molecular weight is 310 g/mol. The number of H-pyrrole nitrogens is 1. The molecule has 0 fully saturated rings. The topological polar surface area (TPSA) is 54.7 Å². The summed E-state index contributed by atoms with van der Waals surface area (Å²) in [4.78, 5) is 4.82. The number of aromatic amines is 1. The van der Waals surface area contributed by atoms with E-state index < -0.39 is 0 Å². The lowest BCUT2D eigenvalue weighted by molar-refractivity contribution is 0.490. The van der Waals surface area contributed by atoms with Crippen molar-refractivity contribution in [3.63, 3.8) is 0 Å². The molecule has 0 spiro atoms. The lowest BCUT2D eigenvalue weighted by Gasteiger charge is -1.96. The molecule has 1 aromatic carbocycles. The molecule has 1 N–H and O–H groups in total. The van der Waals surface area contributed by atoms with Gasteiger partial charge in [-0.1, -0.05) is 23.7 Å². The van der Waals surface area contributed by atoms with Gasteiger partial charge in [-0.3, -0.25) is 0 Å². The van der Waals surface area contributed by atoms with Crippen LogP contribution in [0.25, 0.3) is 10.6 Å². The number of rotatable bonds is 3. The van der Waals surface area contributed by atoms with Crippen LogP contribution in [0, 0.1) is 4.84 Å². The summed E-state index contributed by atoms with van der Waals surface area (Å²) in [6, 6.07) is 7.62. The van der Waals surface area contributed by atoms with Gasteiger partial charge in [0.25, 0.3) is 4.84 Å². The second-order valence-corrected chi connectivity index (χ2v) is 5.50. The third-order valence-corrected chi connectivity index (χ3v) is 3.79. The number of hydrogen-bond donors (Lipinski definition) is 1. The maximum absolute atomic E-state index is 5.97. The van der Waals surface area contributed by atoms with Gasteiger partial charge in [0, 0.05) is 16.0 Å². The smallest absolute Gasteiger partial charge is 0.284 e. The number of aromatic nitrogens is 3. The van der Waals surface area contributed by atoms with Crippen LogP contribution in [-0.4, -0.2) is 15.2 Å². The molecule has 0 aliphatic heterocycles. The minimum atomic E-state index is 0.278. The molecule has 2 aromatic heterocycles. The highest BCUT2D eigenvalue weighted by molar-refractivity contribution is 7.71. The highest BCUT2D eigenvalue weighted by atomic mass is 35.5. The van der Waals surface area contributed by atoms with E-state index in [2.05, 4.69) is 15.2 Å². The van der Waals surface area contributed by atoms with Crippen molar-refractivity contribution in [3.05, 3.63) is 51.1 Å². The van der Waals surface area contributed by atoms with Gasteiger partial charge >= 0.3 is 0 Å². The quantitative estimate of drug-likeness (QED) is 0.740. The van der Waals surface area contributed by atoms with Crippen LogP contribution in [-0.2, 0) is 6.42 Å². The molecule has 2 heterocycles. The molecule has 3 aromatic rings. The molecule has 0 amide bonds. The van der Waals surface area contributed by atoms with Crippen LogP contribution in [0.1, 0.15) is 11.6 Å². The Labute approximate surface area is 123 Å². The van der Waals surface area contributed by atoms with E-state index in [1.165, 1.54) is 0 Å². The molecule has 0 radical (unpaired) electrons. The molecule has 19 heavy (non-hydrogen) atoms.